The number of aliphatic hydroxyl groups is 2. The first kappa shape index (κ1) is 26.6. The standard InChI is InChI=1S/C10H17FN3O13P3S/c1-10(16)6(15)5(25-8(10)14-2-4(11)7(12)13-9(14)31)3-24-29(20,21)27-30(22,23)26-28(17,18)19/h2,5-6,8,15-16H,3H2,1H3,(H,20,21)(H,22,23)(H2,12,13,31)(H2,17,18,19)/t5-,6?,8-,10?/m1/s1. The topological polar surface area (TPSA) is 253 Å². The summed E-state index contributed by atoms with van der Waals surface area (Å²) in [6, 6.07) is 0. The van der Waals surface area contributed by atoms with Gasteiger partial charge in [-0.15, -0.1) is 0 Å². The highest BCUT2D eigenvalue weighted by molar-refractivity contribution is 7.71. The Morgan fingerprint density at radius 3 is 2.42 bits per heavy atom. The molecule has 0 radical (unpaired) electrons. The molecule has 4 unspecified atom stereocenters. The van der Waals surface area contributed by atoms with E-state index >= 15 is 0 Å². The molecule has 16 nitrogen and oxygen atoms in total. The van der Waals surface area contributed by atoms with E-state index in [0.29, 0.717) is 0 Å². The monoisotopic (exact) mass is 531 g/mol. The number of aromatic nitrogens is 2. The number of anilines is 1. The number of nitrogen functional groups attached to an aromatic ring is 1. The number of ether oxygens (including phenoxy) is 1. The van der Waals surface area contributed by atoms with Gasteiger partial charge in [0.1, 0.15) is 17.8 Å². The van der Waals surface area contributed by atoms with Gasteiger partial charge in [-0.3, -0.25) is 9.09 Å². The summed E-state index contributed by atoms with van der Waals surface area (Å²) < 4.78 is 64.7. The van der Waals surface area contributed by atoms with Gasteiger partial charge < -0.3 is 40.3 Å². The number of rotatable bonds is 8. The van der Waals surface area contributed by atoms with Gasteiger partial charge in [0.05, 0.1) is 6.61 Å². The second-order valence-corrected chi connectivity index (χ2v) is 11.0. The van der Waals surface area contributed by atoms with E-state index in [1.54, 1.807) is 0 Å². The van der Waals surface area contributed by atoms with Crippen LogP contribution in [-0.4, -0.2) is 63.8 Å². The van der Waals surface area contributed by atoms with E-state index in [2.05, 4.69) is 18.1 Å². The van der Waals surface area contributed by atoms with Crippen LogP contribution in [0.2, 0.25) is 0 Å². The molecular weight excluding hydrogens is 514 g/mol. The maximum absolute atomic E-state index is 13.8. The van der Waals surface area contributed by atoms with Crippen LogP contribution in [0.3, 0.4) is 0 Å². The van der Waals surface area contributed by atoms with Crippen LogP contribution in [-0.2, 0) is 31.6 Å². The van der Waals surface area contributed by atoms with Gasteiger partial charge >= 0.3 is 23.5 Å². The van der Waals surface area contributed by atoms with Crippen molar-refractivity contribution in [3.63, 3.8) is 0 Å². The first-order chi connectivity index (χ1) is 13.8. The average molecular weight is 531 g/mol. The van der Waals surface area contributed by atoms with E-state index in [1.165, 1.54) is 0 Å². The molecule has 178 valence electrons. The summed E-state index contributed by atoms with van der Waals surface area (Å²) in [6.07, 6.45) is -4.28. The highest BCUT2D eigenvalue weighted by Gasteiger charge is 2.54. The van der Waals surface area contributed by atoms with E-state index < -0.39 is 65.7 Å². The summed E-state index contributed by atoms with van der Waals surface area (Å²) in [4.78, 5) is 39.0. The smallest absolute Gasteiger partial charge is 0.387 e. The highest BCUT2D eigenvalue weighted by atomic mass is 32.1. The van der Waals surface area contributed by atoms with Crippen molar-refractivity contribution in [3.8, 4) is 0 Å². The highest BCUT2D eigenvalue weighted by Crippen LogP contribution is 2.66. The molecule has 1 aromatic heterocycles. The zero-order chi connectivity index (χ0) is 24.0. The predicted molar refractivity (Wildman–Crippen MR) is 97.8 cm³/mol. The average Bonchev–Trinajstić information content (AvgIpc) is 2.76. The second kappa shape index (κ2) is 8.93. The van der Waals surface area contributed by atoms with Crippen LogP contribution < -0.4 is 5.73 Å². The van der Waals surface area contributed by atoms with Crippen molar-refractivity contribution in [2.24, 2.45) is 0 Å². The molecule has 0 saturated carbocycles. The largest absolute Gasteiger partial charge is 0.490 e. The fourth-order valence-corrected chi connectivity index (χ4v) is 5.75. The quantitative estimate of drug-likeness (QED) is 0.168. The molecule has 1 saturated heterocycles. The molecule has 1 fully saturated rings. The minimum atomic E-state index is -5.75. The summed E-state index contributed by atoms with van der Waals surface area (Å²) in [6.45, 7) is -0.00108. The van der Waals surface area contributed by atoms with Crippen molar-refractivity contribution in [2.45, 2.75) is 31.0 Å². The van der Waals surface area contributed by atoms with Crippen molar-refractivity contribution >= 4 is 41.5 Å². The van der Waals surface area contributed by atoms with Gasteiger partial charge in [-0.05, 0) is 19.1 Å². The second-order valence-electron chi connectivity index (χ2n) is 6.25. The summed E-state index contributed by atoms with van der Waals surface area (Å²) in [7, 11) is -16.8. The Bertz CT molecular complexity index is 1050. The Morgan fingerprint density at radius 2 is 1.87 bits per heavy atom. The molecule has 0 spiro atoms. The molecule has 1 aliphatic heterocycles. The van der Waals surface area contributed by atoms with Crippen molar-refractivity contribution in [2.75, 3.05) is 12.3 Å². The van der Waals surface area contributed by atoms with Gasteiger partial charge in [-0.2, -0.15) is 13.6 Å². The van der Waals surface area contributed by atoms with Gasteiger partial charge in [-0.1, -0.05) is 0 Å². The molecule has 0 bridgehead atoms. The third kappa shape index (κ3) is 6.66. The van der Waals surface area contributed by atoms with Crippen LogP contribution >= 0.6 is 35.7 Å². The van der Waals surface area contributed by atoms with Gasteiger partial charge in [0.15, 0.2) is 17.9 Å². The molecule has 1 aliphatic rings. The summed E-state index contributed by atoms with van der Waals surface area (Å²) >= 11 is 4.90. The molecule has 1 aromatic rings. The third-order valence-electron chi connectivity index (χ3n) is 3.76. The molecule has 0 aromatic carbocycles. The molecule has 0 aliphatic carbocycles. The number of nitrogens with zero attached hydrogens (tertiary/aromatic N) is 2. The Morgan fingerprint density at radius 1 is 1.29 bits per heavy atom. The molecule has 31 heavy (non-hydrogen) atoms. The van der Waals surface area contributed by atoms with Crippen LogP contribution in [0.15, 0.2) is 6.20 Å². The fourth-order valence-electron chi connectivity index (χ4n) is 2.47. The Kier molecular flexibility index (Phi) is 7.65. The van der Waals surface area contributed by atoms with E-state index in [4.69, 9.17) is 37.4 Å². The Balaban J connectivity index is 2.16. The molecule has 21 heteroatoms. The lowest BCUT2D eigenvalue weighted by Crippen LogP contribution is -2.44. The van der Waals surface area contributed by atoms with Gasteiger partial charge in [0.25, 0.3) is 0 Å². The lowest BCUT2D eigenvalue weighted by molar-refractivity contribution is -0.0980. The Labute approximate surface area is 177 Å². The van der Waals surface area contributed by atoms with E-state index in [0.717, 1.165) is 17.7 Å². The first-order valence-electron chi connectivity index (χ1n) is 7.73. The molecule has 2 heterocycles. The van der Waals surface area contributed by atoms with E-state index in [9.17, 15) is 33.2 Å². The number of halogens is 1. The number of phosphoric acid groups is 3. The molecule has 2 rings (SSSR count). The van der Waals surface area contributed by atoms with Gasteiger partial charge in [0.2, 0.25) is 4.77 Å². The minimum absolute atomic E-state index is 0.343. The Hall–Kier alpha value is -0.680. The number of hydrogen-bond donors (Lipinski definition) is 7. The van der Waals surface area contributed by atoms with E-state index in [-0.39, 0.29) is 4.77 Å². The van der Waals surface area contributed by atoms with Crippen LogP contribution in [0.4, 0.5) is 10.2 Å². The van der Waals surface area contributed by atoms with Crippen molar-refractivity contribution < 1.29 is 65.8 Å². The number of phosphoric ester groups is 1. The number of nitrogens with two attached hydrogens (primary N) is 1. The lowest BCUT2D eigenvalue weighted by Gasteiger charge is -2.28. The minimum Gasteiger partial charge on any atom is -0.387 e. The SMILES string of the molecule is CC1(O)C(O)[C@@H](COP(=O)(O)OP(=O)(O)OP(=O)(O)O)O[C@H]1n1cc(F)c(N)nc1=S. The summed E-state index contributed by atoms with van der Waals surface area (Å²) in [5.74, 6) is -1.57. The number of aliphatic hydroxyl groups excluding tert-OH is 1. The molecule has 0 amide bonds. The van der Waals surface area contributed by atoms with Crippen molar-refractivity contribution in [3.05, 3.63) is 16.8 Å². The summed E-state index contributed by atoms with van der Waals surface area (Å²) in [5.41, 5.74) is 3.11. The lowest BCUT2D eigenvalue weighted by atomic mass is 9.96. The van der Waals surface area contributed by atoms with Gasteiger partial charge in [0, 0.05) is 6.20 Å². The zero-order valence-corrected chi connectivity index (χ0v) is 18.7. The van der Waals surface area contributed by atoms with E-state index in [1.807, 2.05) is 0 Å². The fraction of sp³-hybridized carbons (Fsp3) is 0.600. The predicted octanol–water partition coefficient (Wildman–Crippen LogP) is -0.314. The van der Waals surface area contributed by atoms with Crippen molar-refractivity contribution in [1.29, 1.82) is 0 Å². The van der Waals surface area contributed by atoms with Crippen LogP contribution in [0, 0.1) is 10.6 Å². The zero-order valence-electron chi connectivity index (χ0n) is 15.2. The third-order valence-corrected chi connectivity index (χ3v) is 7.86. The van der Waals surface area contributed by atoms with Gasteiger partial charge in [-0.25, -0.2) is 18.1 Å². The first-order valence-corrected chi connectivity index (χ1v) is 12.7. The maximum Gasteiger partial charge on any atom is 0.490 e. The van der Waals surface area contributed by atoms with Crippen molar-refractivity contribution in [1.82, 2.24) is 9.55 Å². The van der Waals surface area contributed by atoms with Crippen LogP contribution in [0.5, 0.6) is 0 Å². The molecular formula is C10H17FN3O13P3S. The van der Waals surface area contributed by atoms with Crippen LogP contribution in [0.25, 0.3) is 0 Å². The summed E-state index contributed by atoms with van der Waals surface area (Å²) in [5, 5.41) is 20.8. The normalized spacial score (nSPS) is 30.6. The van der Waals surface area contributed by atoms with Crippen LogP contribution in [0.1, 0.15) is 13.2 Å². The maximum atomic E-state index is 13.8. The molecule has 6 atom stereocenters. The molecule has 8 N–H and O–H groups in total. The number of hydrogen-bond acceptors (Lipinski definition) is 12.